The van der Waals surface area contributed by atoms with Gasteiger partial charge < -0.3 is 43.7 Å². The topological polar surface area (TPSA) is 224 Å². The molecule has 0 aliphatic carbocycles. The number of hydrogen-bond acceptors (Lipinski definition) is 5. The third-order valence-electron chi connectivity index (χ3n) is 0. The molecule has 0 spiro atoms. The van der Waals surface area contributed by atoms with Crippen molar-refractivity contribution in [1.82, 2.24) is 0 Å². The zero-order valence-electron chi connectivity index (χ0n) is 10.7. The minimum Gasteiger partial charge on any atom is -1.00 e. The summed E-state index contributed by atoms with van der Waals surface area (Å²) in [7, 11) is 0. The summed E-state index contributed by atoms with van der Waals surface area (Å²) in [5.41, 5.74) is 0. The Morgan fingerprint density at radius 1 is 0.667 bits per heavy atom. The molecule has 18 heavy (non-hydrogen) atoms. The second kappa shape index (κ2) is 445. The molecular formula is C5H20Cu2Na2O9. The summed E-state index contributed by atoms with van der Waals surface area (Å²) in [5.74, 6) is 0. The van der Waals surface area contributed by atoms with Gasteiger partial charge in [-0.2, -0.15) is 19.2 Å². The predicted octanol–water partition coefficient (Wildman–Crippen LogP) is -8.99. The standard InChI is InChI=1S/2CO2.CH4.2CH3.2Cu.2Na.5H2O.H/c2*2-1-3;;;;;;;;;;;;;/h;;1H4;2*1H3;;;;;5*1H2;/q;;;2*-1;;+2;2*+1;;;;;;-1/p-1. The van der Waals surface area contributed by atoms with E-state index in [1.807, 2.05) is 0 Å². The molecule has 0 aromatic rings. The van der Waals surface area contributed by atoms with Crippen molar-refractivity contribution >= 4 is 12.3 Å². The summed E-state index contributed by atoms with van der Waals surface area (Å²) in [4.78, 5) is 32.5. The second-order valence-electron chi connectivity index (χ2n) is 0.167. The maximum Gasteiger partial charge on any atom is 2.00 e. The summed E-state index contributed by atoms with van der Waals surface area (Å²) in [6.07, 6.45) is 0.500. The van der Waals surface area contributed by atoms with Crippen LogP contribution in [0.1, 0.15) is 8.85 Å². The fourth-order valence-corrected chi connectivity index (χ4v) is 0. The van der Waals surface area contributed by atoms with E-state index in [0.717, 1.165) is 0 Å². The molecule has 2 radical (unpaired) electrons. The number of hydrogen-bond donors (Lipinski definition) is 0. The first kappa shape index (κ1) is 216. The van der Waals surface area contributed by atoms with E-state index in [2.05, 4.69) is 0 Å². The molecule has 0 rings (SSSR count). The van der Waals surface area contributed by atoms with Gasteiger partial charge in [0.15, 0.2) is 0 Å². The van der Waals surface area contributed by atoms with E-state index in [1.165, 1.54) is 0 Å². The van der Waals surface area contributed by atoms with Crippen LogP contribution in [0.2, 0.25) is 0 Å². The van der Waals surface area contributed by atoms with Crippen LogP contribution in [0.5, 0.6) is 0 Å². The third kappa shape index (κ3) is 1900. The molecule has 0 atom stereocenters. The van der Waals surface area contributed by atoms with Crippen LogP contribution in [0.25, 0.3) is 0 Å². The maximum atomic E-state index is 8.12. The van der Waals surface area contributed by atoms with Crippen molar-refractivity contribution in [1.29, 1.82) is 0 Å². The van der Waals surface area contributed by atoms with Gasteiger partial charge in [-0.3, -0.25) is 0 Å². The van der Waals surface area contributed by atoms with Gasteiger partial charge in [-0.05, 0) is 0 Å². The van der Waals surface area contributed by atoms with Crippen LogP contribution in [-0.2, 0) is 53.3 Å². The van der Waals surface area contributed by atoms with Crippen molar-refractivity contribution in [2.24, 2.45) is 0 Å². The first-order valence-corrected chi connectivity index (χ1v) is 0.816. The smallest absolute Gasteiger partial charge is 1.00 e. The van der Waals surface area contributed by atoms with Crippen molar-refractivity contribution in [2.75, 3.05) is 0 Å². The molecule has 0 fully saturated rings. The molecule has 118 valence electrons. The van der Waals surface area contributed by atoms with Crippen LogP contribution in [0.3, 0.4) is 0 Å². The normalized spacial score (nSPS) is 0.889. The SMILES string of the molecule is C.O.O.O.O.O=C=O.O=C=O.[CH3-].[CH3-].[Cu+2].[Cu].[H-].[Na+].[Na+].[OH-]. The Morgan fingerprint density at radius 3 is 0.667 bits per heavy atom. The molecular weight excluding hydrogens is 377 g/mol. The minimum atomic E-state index is 0. The molecule has 9 nitrogen and oxygen atoms in total. The molecule has 0 bridgehead atoms. The Balaban J connectivity index is -0.000000000769. The monoisotopic (exact) mass is 396 g/mol. The van der Waals surface area contributed by atoms with Gasteiger partial charge in [0.05, 0.1) is 0 Å². The van der Waals surface area contributed by atoms with E-state index in [1.54, 1.807) is 0 Å². The Bertz CT molecular complexity index is 90.6. The van der Waals surface area contributed by atoms with E-state index in [9.17, 15) is 0 Å². The summed E-state index contributed by atoms with van der Waals surface area (Å²) in [6, 6.07) is 0. The first-order valence-electron chi connectivity index (χ1n) is 0.816. The van der Waals surface area contributed by atoms with Crippen molar-refractivity contribution in [2.45, 2.75) is 7.43 Å². The van der Waals surface area contributed by atoms with E-state index in [0.29, 0.717) is 0 Å². The molecule has 0 amide bonds. The molecule has 0 aromatic carbocycles. The van der Waals surface area contributed by atoms with Crippen molar-refractivity contribution < 1.29 is 141 Å². The molecule has 0 saturated carbocycles. The van der Waals surface area contributed by atoms with E-state index in [4.69, 9.17) is 19.2 Å². The summed E-state index contributed by atoms with van der Waals surface area (Å²) in [6.45, 7) is 0. The van der Waals surface area contributed by atoms with E-state index in [-0.39, 0.29) is 157 Å². The average Bonchev–Trinajstić information content (AvgIpc) is 1.39. The van der Waals surface area contributed by atoms with Crippen LogP contribution >= 0.6 is 0 Å². The second-order valence-corrected chi connectivity index (χ2v) is 0.167. The fraction of sp³-hybridized carbons (Fsp3) is 0.200. The van der Waals surface area contributed by atoms with Crippen molar-refractivity contribution in [3.05, 3.63) is 14.9 Å². The van der Waals surface area contributed by atoms with Gasteiger partial charge in [0.2, 0.25) is 0 Å². The zero-order valence-corrected chi connectivity index (χ0v) is 15.6. The molecule has 0 heterocycles. The van der Waals surface area contributed by atoms with Gasteiger partial charge in [0.25, 0.3) is 0 Å². The third-order valence-corrected chi connectivity index (χ3v) is 0. The van der Waals surface area contributed by atoms with E-state index < -0.39 is 0 Å². The van der Waals surface area contributed by atoms with E-state index >= 15 is 0 Å². The number of rotatable bonds is 0. The minimum absolute atomic E-state index is 0. The first-order chi connectivity index (χ1) is 2.83. The van der Waals surface area contributed by atoms with Crippen molar-refractivity contribution in [3.63, 3.8) is 0 Å². The molecule has 9 N–H and O–H groups in total. The Morgan fingerprint density at radius 2 is 0.667 bits per heavy atom. The summed E-state index contributed by atoms with van der Waals surface area (Å²) in [5, 5.41) is 0. The average molecular weight is 397 g/mol. The van der Waals surface area contributed by atoms with Crippen LogP contribution in [-0.4, -0.2) is 39.7 Å². The Hall–Kier alpha value is 1.60. The summed E-state index contributed by atoms with van der Waals surface area (Å²) >= 11 is 0. The molecule has 0 saturated heterocycles. The predicted molar refractivity (Wildman–Crippen MR) is 47.1 cm³/mol. The Kier molecular flexibility index (Phi) is 5340. The molecule has 0 aliphatic rings. The fourth-order valence-electron chi connectivity index (χ4n) is 0. The molecule has 0 aliphatic heterocycles. The van der Waals surface area contributed by atoms with Gasteiger partial charge in [0, 0.05) is 17.1 Å². The zero-order chi connectivity index (χ0) is 5.41. The van der Waals surface area contributed by atoms with Gasteiger partial charge in [-0.15, -0.1) is 0 Å². The summed E-state index contributed by atoms with van der Waals surface area (Å²) < 4.78 is 0. The molecule has 13 heteroatoms. The number of carbonyl (C=O) groups excluding carboxylic acids is 4. The molecule has 0 unspecified atom stereocenters. The largest absolute Gasteiger partial charge is 2.00 e. The molecule has 0 aromatic heterocycles. The van der Waals surface area contributed by atoms with Crippen LogP contribution in [0.15, 0.2) is 0 Å². The van der Waals surface area contributed by atoms with Gasteiger partial charge >= 0.3 is 88.5 Å². The van der Waals surface area contributed by atoms with Gasteiger partial charge in [-0.1, -0.05) is 7.43 Å². The maximum absolute atomic E-state index is 8.12. The van der Waals surface area contributed by atoms with Gasteiger partial charge in [0.1, 0.15) is 0 Å². The van der Waals surface area contributed by atoms with Gasteiger partial charge in [-0.25, -0.2) is 0 Å². The van der Waals surface area contributed by atoms with Crippen LogP contribution in [0.4, 0.5) is 0 Å². The Labute approximate surface area is 174 Å². The van der Waals surface area contributed by atoms with Crippen LogP contribution < -0.4 is 59.1 Å². The van der Waals surface area contributed by atoms with Crippen molar-refractivity contribution in [3.8, 4) is 0 Å². The van der Waals surface area contributed by atoms with Crippen LogP contribution in [0, 0.1) is 14.9 Å². The quantitative estimate of drug-likeness (QED) is 0.286.